The van der Waals surface area contributed by atoms with Crippen LogP contribution in [0, 0.1) is 11.3 Å². The predicted molar refractivity (Wildman–Crippen MR) is 71.6 cm³/mol. The van der Waals surface area contributed by atoms with Crippen molar-refractivity contribution in [1.82, 2.24) is 4.98 Å². The van der Waals surface area contributed by atoms with Gasteiger partial charge in [-0.15, -0.1) is 0 Å². The van der Waals surface area contributed by atoms with Crippen LogP contribution in [-0.4, -0.2) is 4.98 Å². The summed E-state index contributed by atoms with van der Waals surface area (Å²) in [6.45, 7) is 1.83. The molecule has 3 nitrogen and oxygen atoms in total. The standard InChI is InChI=1S/C15H11F3N2O/c1-2-11-7-12(13(8-19)14(21)20-11)9-3-5-10(6-4-9)15(16,17)18/h3-7H,2H2,1H3,(H,20,21). The summed E-state index contributed by atoms with van der Waals surface area (Å²) in [5, 5.41) is 9.06. The Morgan fingerprint density at radius 1 is 1.24 bits per heavy atom. The van der Waals surface area contributed by atoms with Gasteiger partial charge in [0.15, 0.2) is 0 Å². The number of hydrogen-bond donors (Lipinski definition) is 1. The number of H-pyrrole nitrogens is 1. The predicted octanol–water partition coefficient (Wildman–Crippen LogP) is 3.49. The highest BCUT2D eigenvalue weighted by atomic mass is 19.4. The van der Waals surface area contributed by atoms with Gasteiger partial charge in [-0.1, -0.05) is 19.1 Å². The topological polar surface area (TPSA) is 56.6 Å². The Morgan fingerprint density at radius 2 is 1.86 bits per heavy atom. The molecular weight excluding hydrogens is 281 g/mol. The van der Waals surface area contributed by atoms with E-state index in [1.54, 1.807) is 12.1 Å². The van der Waals surface area contributed by atoms with E-state index in [1.165, 1.54) is 12.1 Å². The van der Waals surface area contributed by atoms with Gasteiger partial charge in [-0.05, 0) is 30.2 Å². The molecule has 2 rings (SSSR count). The van der Waals surface area contributed by atoms with Crippen molar-refractivity contribution < 1.29 is 13.2 Å². The van der Waals surface area contributed by atoms with Crippen molar-refractivity contribution in [2.75, 3.05) is 0 Å². The van der Waals surface area contributed by atoms with Crippen LogP contribution in [0.3, 0.4) is 0 Å². The number of nitriles is 1. The average Bonchev–Trinajstić information content (AvgIpc) is 2.45. The summed E-state index contributed by atoms with van der Waals surface area (Å²) in [5.41, 5.74) is -0.0508. The number of halogens is 3. The molecule has 1 heterocycles. The van der Waals surface area contributed by atoms with Crippen molar-refractivity contribution >= 4 is 0 Å². The maximum Gasteiger partial charge on any atom is 0.416 e. The van der Waals surface area contributed by atoms with Crippen LogP contribution in [0.1, 0.15) is 23.7 Å². The highest BCUT2D eigenvalue weighted by Gasteiger charge is 2.30. The first kappa shape index (κ1) is 14.9. The normalized spacial score (nSPS) is 11.2. The van der Waals surface area contributed by atoms with Gasteiger partial charge in [0.25, 0.3) is 5.56 Å². The van der Waals surface area contributed by atoms with Crippen molar-refractivity contribution in [3.8, 4) is 17.2 Å². The SMILES string of the molecule is CCc1cc(-c2ccc(C(F)(F)F)cc2)c(C#N)c(=O)[nH]1. The van der Waals surface area contributed by atoms with Crippen molar-refractivity contribution in [3.63, 3.8) is 0 Å². The van der Waals surface area contributed by atoms with Crippen molar-refractivity contribution in [2.24, 2.45) is 0 Å². The average molecular weight is 292 g/mol. The number of aromatic amines is 1. The zero-order chi connectivity index (χ0) is 15.6. The minimum absolute atomic E-state index is 0.105. The number of nitrogens with one attached hydrogen (secondary N) is 1. The van der Waals surface area contributed by atoms with E-state index in [2.05, 4.69) is 4.98 Å². The second kappa shape index (κ2) is 5.44. The smallest absolute Gasteiger partial charge is 0.325 e. The van der Waals surface area contributed by atoms with Crippen LogP contribution in [-0.2, 0) is 12.6 Å². The number of pyridine rings is 1. The number of aromatic nitrogens is 1. The van der Waals surface area contributed by atoms with Crippen LogP contribution in [0.15, 0.2) is 35.1 Å². The molecule has 0 aliphatic carbocycles. The molecule has 21 heavy (non-hydrogen) atoms. The fourth-order valence-corrected chi connectivity index (χ4v) is 1.98. The molecule has 0 aliphatic rings. The van der Waals surface area contributed by atoms with E-state index in [0.29, 0.717) is 23.2 Å². The van der Waals surface area contributed by atoms with E-state index in [4.69, 9.17) is 5.26 Å². The summed E-state index contributed by atoms with van der Waals surface area (Å²) in [5.74, 6) is 0. The van der Waals surface area contributed by atoms with Crippen LogP contribution in [0.25, 0.3) is 11.1 Å². The van der Waals surface area contributed by atoms with Gasteiger partial charge in [0.2, 0.25) is 0 Å². The monoisotopic (exact) mass is 292 g/mol. The molecule has 1 aromatic heterocycles. The molecule has 0 amide bonds. The maximum absolute atomic E-state index is 12.5. The second-order valence-electron chi connectivity index (χ2n) is 4.45. The van der Waals surface area contributed by atoms with E-state index in [1.807, 2.05) is 6.92 Å². The van der Waals surface area contributed by atoms with Crippen LogP contribution in [0.5, 0.6) is 0 Å². The lowest BCUT2D eigenvalue weighted by molar-refractivity contribution is -0.137. The van der Waals surface area contributed by atoms with Crippen LogP contribution >= 0.6 is 0 Å². The summed E-state index contributed by atoms with van der Waals surface area (Å²) in [7, 11) is 0. The number of benzene rings is 1. The van der Waals surface area contributed by atoms with E-state index in [9.17, 15) is 18.0 Å². The summed E-state index contributed by atoms with van der Waals surface area (Å²) < 4.78 is 37.6. The van der Waals surface area contributed by atoms with Gasteiger partial charge in [-0.25, -0.2) is 0 Å². The molecular formula is C15H11F3N2O. The molecule has 2 aromatic rings. The molecule has 0 fully saturated rings. The maximum atomic E-state index is 12.5. The molecule has 108 valence electrons. The van der Waals surface area contributed by atoms with Gasteiger partial charge in [0.05, 0.1) is 5.56 Å². The molecule has 0 aliphatic heterocycles. The fourth-order valence-electron chi connectivity index (χ4n) is 1.98. The number of alkyl halides is 3. The Hall–Kier alpha value is -2.55. The summed E-state index contributed by atoms with van der Waals surface area (Å²) in [4.78, 5) is 14.4. The minimum Gasteiger partial charge on any atom is -0.325 e. The quantitative estimate of drug-likeness (QED) is 0.921. The van der Waals surface area contributed by atoms with Crippen molar-refractivity contribution in [3.05, 3.63) is 57.5 Å². The van der Waals surface area contributed by atoms with Gasteiger partial charge in [0, 0.05) is 11.3 Å². The highest BCUT2D eigenvalue weighted by Crippen LogP contribution is 2.31. The second-order valence-corrected chi connectivity index (χ2v) is 4.45. The lowest BCUT2D eigenvalue weighted by Crippen LogP contribution is -2.14. The van der Waals surface area contributed by atoms with E-state index < -0.39 is 17.3 Å². The third-order valence-corrected chi connectivity index (χ3v) is 3.10. The van der Waals surface area contributed by atoms with E-state index in [0.717, 1.165) is 12.1 Å². The number of hydrogen-bond acceptors (Lipinski definition) is 2. The summed E-state index contributed by atoms with van der Waals surface area (Å²) in [6.07, 6.45) is -3.87. The zero-order valence-corrected chi connectivity index (χ0v) is 11.1. The molecule has 0 bridgehead atoms. The third kappa shape index (κ3) is 2.97. The molecule has 1 N–H and O–H groups in total. The van der Waals surface area contributed by atoms with Gasteiger partial charge in [-0.2, -0.15) is 18.4 Å². The van der Waals surface area contributed by atoms with Crippen LogP contribution in [0.4, 0.5) is 13.2 Å². The molecule has 1 aromatic carbocycles. The first-order chi connectivity index (χ1) is 9.86. The Labute approximate surface area is 118 Å². The number of rotatable bonds is 2. The first-order valence-electron chi connectivity index (χ1n) is 6.20. The molecule has 0 unspecified atom stereocenters. The number of nitrogens with zero attached hydrogens (tertiary/aromatic N) is 1. The lowest BCUT2D eigenvalue weighted by Gasteiger charge is -2.09. The van der Waals surface area contributed by atoms with Crippen molar-refractivity contribution in [1.29, 1.82) is 5.26 Å². The summed E-state index contributed by atoms with van der Waals surface area (Å²) >= 11 is 0. The summed E-state index contributed by atoms with van der Waals surface area (Å²) in [6, 6.07) is 7.80. The van der Waals surface area contributed by atoms with Crippen molar-refractivity contribution in [2.45, 2.75) is 19.5 Å². The van der Waals surface area contributed by atoms with Gasteiger partial charge in [-0.3, -0.25) is 4.79 Å². The van der Waals surface area contributed by atoms with Gasteiger partial charge >= 0.3 is 6.18 Å². The van der Waals surface area contributed by atoms with Crippen LogP contribution in [0.2, 0.25) is 0 Å². The fraction of sp³-hybridized carbons (Fsp3) is 0.200. The largest absolute Gasteiger partial charge is 0.416 e. The molecule has 0 atom stereocenters. The Morgan fingerprint density at radius 3 is 2.33 bits per heavy atom. The third-order valence-electron chi connectivity index (χ3n) is 3.10. The minimum atomic E-state index is -4.42. The van der Waals surface area contributed by atoms with E-state index >= 15 is 0 Å². The molecule has 0 saturated carbocycles. The molecule has 0 spiro atoms. The van der Waals surface area contributed by atoms with Gasteiger partial charge in [0.1, 0.15) is 11.6 Å². The Balaban J connectivity index is 2.59. The molecule has 0 saturated heterocycles. The molecule has 6 heteroatoms. The Bertz CT molecular complexity index is 752. The molecule has 0 radical (unpaired) electrons. The Kier molecular flexibility index (Phi) is 3.85. The zero-order valence-electron chi connectivity index (χ0n) is 11.1. The lowest BCUT2D eigenvalue weighted by atomic mass is 9.99. The number of aryl methyl sites for hydroxylation is 1. The van der Waals surface area contributed by atoms with Gasteiger partial charge < -0.3 is 4.98 Å². The van der Waals surface area contributed by atoms with Crippen LogP contribution < -0.4 is 5.56 Å². The van der Waals surface area contributed by atoms with E-state index in [-0.39, 0.29) is 5.56 Å². The highest BCUT2D eigenvalue weighted by molar-refractivity contribution is 5.70. The first-order valence-corrected chi connectivity index (χ1v) is 6.20.